The lowest BCUT2D eigenvalue weighted by atomic mass is 10.3. The van der Waals surface area contributed by atoms with E-state index >= 15 is 0 Å². The van der Waals surface area contributed by atoms with E-state index in [1.807, 2.05) is 6.92 Å². The molecule has 2 rings (SSSR count). The summed E-state index contributed by atoms with van der Waals surface area (Å²) in [5.74, 6) is 1.26. The van der Waals surface area contributed by atoms with Crippen molar-refractivity contribution >= 4 is 11.9 Å². The molecule has 1 amide bonds. The quantitative estimate of drug-likeness (QED) is 0.491. The second-order valence-electron chi connectivity index (χ2n) is 5.55. The van der Waals surface area contributed by atoms with Crippen LogP contribution in [0.15, 0.2) is 52.1 Å². The number of halogens is 1. The molecule has 1 aromatic carbocycles. The molecule has 1 atom stereocenters. The first-order chi connectivity index (χ1) is 12.6. The monoisotopic (exact) mass is 362 g/mol. The van der Waals surface area contributed by atoms with Crippen LogP contribution in [-0.4, -0.2) is 38.1 Å². The van der Waals surface area contributed by atoms with Gasteiger partial charge in [0.2, 0.25) is 5.91 Å². The maximum absolute atomic E-state index is 12.9. The van der Waals surface area contributed by atoms with Crippen LogP contribution in [0.2, 0.25) is 0 Å². The first-order valence-corrected chi connectivity index (χ1v) is 8.22. The van der Waals surface area contributed by atoms with Crippen molar-refractivity contribution in [3.63, 3.8) is 0 Å². The Morgan fingerprint density at radius 2 is 2.00 bits per heavy atom. The lowest BCUT2D eigenvalue weighted by molar-refractivity contribution is -0.120. The fourth-order valence-corrected chi connectivity index (χ4v) is 2.07. The number of furan rings is 1. The van der Waals surface area contributed by atoms with Gasteiger partial charge in [0.25, 0.3) is 0 Å². The number of nitrogens with one attached hydrogen (secondary N) is 3. The Hall–Kier alpha value is -3.03. The maximum atomic E-state index is 12.9. The number of rotatable bonds is 8. The first kappa shape index (κ1) is 19.3. The molecule has 0 aliphatic rings. The van der Waals surface area contributed by atoms with E-state index in [1.54, 1.807) is 37.6 Å². The normalized spacial score (nSPS) is 12.3. The Kier molecular flexibility index (Phi) is 7.48. The Bertz CT molecular complexity index is 702. The van der Waals surface area contributed by atoms with Gasteiger partial charge in [-0.3, -0.25) is 9.79 Å². The second kappa shape index (κ2) is 10.1. The molecule has 2 aromatic rings. The van der Waals surface area contributed by atoms with E-state index in [0.29, 0.717) is 30.6 Å². The van der Waals surface area contributed by atoms with Crippen molar-refractivity contribution < 1.29 is 18.3 Å². The predicted octanol–water partition coefficient (Wildman–Crippen LogP) is 1.67. The molecule has 8 heteroatoms. The van der Waals surface area contributed by atoms with E-state index in [-0.39, 0.29) is 24.4 Å². The molecule has 0 saturated carbocycles. The van der Waals surface area contributed by atoms with Crippen molar-refractivity contribution in [1.29, 1.82) is 0 Å². The Labute approximate surface area is 151 Å². The fourth-order valence-electron chi connectivity index (χ4n) is 2.07. The molecule has 1 unspecified atom stereocenters. The number of carbonyl (C=O) groups is 1. The number of nitrogens with zero attached hydrogens (tertiary/aromatic N) is 1. The highest BCUT2D eigenvalue weighted by Crippen LogP contribution is 2.12. The largest absolute Gasteiger partial charge is 0.489 e. The number of aliphatic imine (C=N–C) groups is 1. The average molecular weight is 362 g/mol. The van der Waals surface area contributed by atoms with Gasteiger partial charge in [0.15, 0.2) is 5.96 Å². The molecule has 1 heterocycles. The summed E-state index contributed by atoms with van der Waals surface area (Å²) in [5.41, 5.74) is 0. The standard InChI is InChI=1S/C18H23FN4O3/c1-13(26-15-7-5-14(19)6-8-15)10-22-18(20-2)23-12-17(24)21-11-16-4-3-9-25-16/h3-9,13H,10-12H2,1-2H3,(H,21,24)(H2,20,22,23). The molecule has 0 bridgehead atoms. The minimum atomic E-state index is -0.307. The summed E-state index contributed by atoms with van der Waals surface area (Å²) in [6.45, 7) is 2.75. The zero-order valence-corrected chi connectivity index (χ0v) is 14.8. The van der Waals surface area contributed by atoms with Crippen LogP contribution in [0.25, 0.3) is 0 Å². The van der Waals surface area contributed by atoms with E-state index in [2.05, 4.69) is 20.9 Å². The number of carbonyl (C=O) groups excluding carboxylic acids is 1. The SMILES string of the molecule is CN=C(NCC(=O)NCc1ccco1)NCC(C)Oc1ccc(F)cc1. The number of ether oxygens (including phenoxy) is 1. The molecule has 1 aromatic heterocycles. The fraction of sp³-hybridized carbons (Fsp3) is 0.333. The Balaban J connectivity index is 1.66. The lowest BCUT2D eigenvalue weighted by Gasteiger charge is -2.17. The second-order valence-corrected chi connectivity index (χ2v) is 5.55. The number of hydrogen-bond acceptors (Lipinski definition) is 4. The summed E-state index contributed by atoms with van der Waals surface area (Å²) < 4.78 is 23.7. The summed E-state index contributed by atoms with van der Waals surface area (Å²) in [5, 5.41) is 8.72. The van der Waals surface area contributed by atoms with Crippen molar-refractivity contribution in [2.24, 2.45) is 4.99 Å². The third-order valence-corrected chi connectivity index (χ3v) is 3.39. The Morgan fingerprint density at radius 1 is 1.23 bits per heavy atom. The molecular weight excluding hydrogens is 339 g/mol. The number of guanidine groups is 1. The first-order valence-electron chi connectivity index (χ1n) is 8.22. The van der Waals surface area contributed by atoms with Crippen molar-refractivity contribution in [1.82, 2.24) is 16.0 Å². The summed E-state index contributed by atoms with van der Waals surface area (Å²) in [7, 11) is 1.61. The highest BCUT2D eigenvalue weighted by atomic mass is 19.1. The van der Waals surface area contributed by atoms with Crippen LogP contribution in [0, 0.1) is 5.82 Å². The summed E-state index contributed by atoms with van der Waals surface area (Å²) in [4.78, 5) is 15.9. The molecule has 0 aliphatic heterocycles. The molecule has 7 nitrogen and oxygen atoms in total. The highest BCUT2D eigenvalue weighted by Gasteiger charge is 2.08. The lowest BCUT2D eigenvalue weighted by Crippen LogP contribution is -2.45. The van der Waals surface area contributed by atoms with Gasteiger partial charge < -0.3 is 25.1 Å². The van der Waals surface area contributed by atoms with E-state index in [1.165, 1.54) is 12.1 Å². The molecule has 26 heavy (non-hydrogen) atoms. The van der Waals surface area contributed by atoms with Crippen molar-refractivity contribution in [2.75, 3.05) is 20.1 Å². The van der Waals surface area contributed by atoms with Crippen molar-refractivity contribution in [2.45, 2.75) is 19.6 Å². The zero-order chi connectivity index (χ0) is 18.8. The molecule has 0 saturated heterocycles. The van der Waals surface area contributed by atoms with Gasteiger partial charge >= 0.3 is 0 Å². The molecule has 0 fully saturated rings. The molecule has 140 valence electrons. The van der Waals surface area contributed by atoms with Crippen molar-refractivity contribution in [3.8, 4) is 5.75 Å². The number of hydrogen-bond donors (Lipinski definition) is 3. The van der Waals surface area contributed by atoms with Crippen LogP contribution in [0.5, 0.6) is 5.75 Å². The van der Waals surface area contributed by atoms with Gasteiger partial charge in [-0.1, -0.05) is 0 Å². The van der Waals surface area contributed by atoms with Gasteiger partial charge in [0.1, 0.15) is 23.4 Å². The topological polar surface area (TPSA) is 87.9 Å². The van der Waals surface area contributed by atoms with Gasteiger partial charge in [-0.15, -0.1) is 0 Å². The average Bonchev–Trinajstić information content (AvgIpc) is 3.15. The highest BCUT2D eigenvalue weighted by molar-refractivity contribution is 5.86. The van der Waals surface area contributed by atoms with E-state index in [4.69, 9.17) is 9.15 Å². The van der Waals surface area contributed by atoms with Crippen molar-refractivity contribution in [3.05, 3.63) is 54.2 Å². The van der Waals surface area contributed by atoms with Crippen LogP contribution >= 0.6 is 0 Å². The molecule has 0 spiro atoms. The maximum Gasteiger partial charge on any atom is 0.239 e. The van der Waals surface area contributed by atoms with Gasteiger partial charge in [-0.05, 0) is 43.3 Å². The summed E-state index contributed by atoms with van der Waals surface area (Å²) >= 11 is 0. The zero-order valence-electron chi connectivity index (χ0n) is 14.8. The van der Waals surface area contributed by atoms with E-state index in [0.717, 1.165) is 0 Å². The number of benzene rings is 1. The molecule has 0 aliphatic carbocycles. The minimum absolute atomic E-state index is 0.0770. The third-order valence-electron chi connectivity index (χ3n) is 3.39. The van der Waals surface area contributed by atoms with Crippen LogP contribution in [0.4, 0.5) is 4.39 Å². The minimum Gasteiger partial charge on any atom is -0.489 e. The molecule has 3 N–H and O–H groups in total. The summed E-state index contributed by atoms with van der Waals surface area (Å²) in [6.07, 6.45) is 1.38. The van der Waals surface area contributed by atoms with Gasteiger partial charge in [-0.2, -0.15) is 0 Å². The van der Waals surface area contributed by atoms with E-state index in [9.17, 15) is 9.18 Å². The van der Waals surface area contributed by atoms with Gasteiger partial charge in [-0.25, -0.2) is 4.39 Å². The van der Waals surface area contributed by atoms with Crippen LogP contribution in [0.3, 0.4) is 0 Å². The van der Waals surface area contributed by atoms with Gasteiger partial charge in [0.05, 0.1) is 25.9 Å². The van der Waals surface area contributed by atoms with Crippen LogP contribution in [0.1, 0.15) is 12.7 Å². The smallest absolute Gasteiger partial charge is 0.239 e. The third kappa shape index (κ3) is 6.84. The van der Waals surface area contributed by atoms with Crippen LogP contribution in [-0.2, 0) is 11.3 Å². The molecule has 0 radical (unpaired) electrons. The van der Waals surface area contributed by atoms with E-state index < -0.39 is 0 Å². The molecular formula is C18H23FN4O3. The van der Waals surface area contributed by atoms with Crippen LogP contribution < -0.4 is 20.7 Å². The number of amides is 1. The predicted molar refractivity (Wildman–Crippen MR) is 96.4 cm³/mol. The summed E-state index contributed by atoms with van der Waals surface area (Å²) in [6, 6.07) is 9.39. The van der Waals surface area contributed by atoms with Gasteiger partial charge in [0, 0.05) is 7.05 Å². The Morgan fingerprint density at radius 3 is 2.65 bits per heavy atom.